The Morgan fingerprint density at radius 1 is 1.00 bits per heavy atom. The fourth-order valence-corrected chi connectivity index (χ4v) is 14.0. The number of rotatable bonds is 24. The topological polar surface area (TPSA) is 474 Å². The van der Waals surface area contributed by atoms with Gasteiger partial charge in [0.05, 0.1) is 19.5 Å². The van der Waals surface area contributed by atoms with Crippen molar-refractivity contribution in [1.29, 1.82) is 0 Å². The first-order chi connectivity index (χ1) is 36.9. The molecule has 38 heteroatoms. The Kier molecular flexibility index (Phi) is 19.0. The maximum atomic E-state index is 13.7. The van der Waals surface area contributed by atoms with Crippen LogP contribution in [0.5, 0.6) is 0 Å². The van der Waals surface area contributed by atoms with Crippen LogP contribution in [0, 0.1) is 5.41 Å². The minimum Gasteiger partial charge on any atom is -0.386 e. The van der Waals surface area contributed by atoms with E-state index in [-0.39, 0.29) is 60.4 Å². The van der Waals surface area contributed by atoms with Crippen LogP contribution in [0.4, 0.5) is 15.4 Å². The van der Waals surface area contributed by atoms with Crippen molar-refractivity contribution in [1.82, 2.24) is 55.9 Å². The van der Waals surface area contributed by atoms with E-state index in [9.17, 15) is 77.0 Å². The Hall–Kier alpha value is -5.19. The number of imide groups is 1. The number of anilines is 1. The summed E-state index contributed by atoms with van der Waals surface area (Å²) in [5.41, 5.74) is 4.56. The number of thioether (sulfide) groups is 2. The van der Waals surface area contributed by atoms with Gasteiger partial charge in [-0.3, -0.25) is 42.1 Å². The van der Waals surface area contributed by atoms with Crippen molar-refractivity contribution in [2.24, 2.45) is 5.41 Å². The van der Waals surface area contributed by atoms with Crippen LogP contribution in [0.1, 0.15) is 51.9 Å². The molecule has 0 radical (unpaired) electrons. The van der Waals surface area contributed by atoms with Crippen LogP contribution in [0.25, 0.3) is 11.2 Å². The maximum Gasteiger partial charge on any atom is 0.481 e. The first-order valence-electron chi connectivity index (χ1n) is 23.7. The number of aromatic nitrogens is 4. The molecule has 33 nitrogen and oxygen atoms in total. The summed E-state index contributed by atoms with van der Waals surface area (Å²) in [7, 11) is -16.6. The first kappa shape index (κ1) is 61.4. The monoisotopic (exact) mass is 1210 g/mol. The van der Waals surface area contributed by atoms with Gasteiger partial charge in [-0.25, -0.2) is 43.1 Å². The molecular formula is C41H57N12O21P3S2. The Balaban J connectivity index is 0.811. The molecule has 3 aromatic rings. The quantitative estimate of drug-likeness (QED) is 0.0281. The Labute approximate surface area is 456 Å². The summed E-state index contributed by atoms with van der Waals surface area (Å²) < 4.78 is 61.9. The first-order valence-corrected chi connectivity index (χ1v) is 30.1. The van der Waals surface area contributed by atoms with Gasteiger partial charge in [-0.15, -0.1) is 11.8 Å². The van der Waals surface area contributed by atoms with E-state index < -0.39 is 137 Å². The number of carbonyl (C=O) groups excluding carboxylic acids is 7. The fraction of sp³-hybridized carbons (Fsp3) is 0.561. The molecule has 6 heterocycles. The van der Waals surface area contributed by atoms with Gasteiger partial charge in [0, 0.05) is 48.5 Å². The third-order valence-electron chi connectivity index (χ3n) is 12.5. The molecule has 1 aromatic carbocycles. The number of imidazole rings is 1. The zero-order chi connectivity index (χ0) is 58.0. The van der Waals surface area contributed by atoms with Crippen LogP contribution in [0.2, 0.25) is 0 Å². The predicted octanol–water partition coefficient (Wildman–Crippen LogP) is -1.31. The molecule has 8 unspecified atom stereocenters. The third kappa shape index (κ3) is 14.7. The van der Waals surface area contributed by atoms with Gasteiger partial charge in [-0.1, -0.05) is 55.9 Å². The molecule has 434 valence electrons. The van der Waals surface area contributed by atoms with Gasteiger partial charge in [0.25, 0.3) is 0 Å². The van der Waals surface area contributed by atoms with Crippen molar-refractivity contribution >= 4 is 105 Å². The third-order valence-corrected chi connectivity index (χ3v) is 18.1. The maximum absolute atomic E-state index is 13.7. The van der Waals surface area contributed by atoms with Crippen LogP contribution in [0.3, 0.4) is 0 Å². The number of β-lactam (4-membered cyclic amide) rings is 1. The second kappa shape index (κ2) is 24.5. The van der Waals surface area contributed by atoms with Crippen LogP contribution in [-0.2, 0) is 60.3 Å². The van der Waals surface area contributed by atoms with E-state index in [1.807, 2.05) is 0 Å². The Bertz CT molecular complexity index is 2980. The molecule has 2 aromatic heterocycles. The molecule has 4 saturated heterocycles. The lowest BCUT2D eigenvalue weighted by atomic mass is 9.87. The summed E-state index contributed by atoms with van der Waals surface area (Å²) in [5, 5.41) is 33.5. The molecule has 0 bridgehead atoms. The van der Waals surface area contributed by atoms with Crippen molar-refractivity contribution in [2.45, 2.75) is 93.0 Å². The van der Waals surface area contributed by atoms with Gasteiger partial charge < -0.3 is 71.7 Å². The van der Waals surface area contributed by atoms with E-state index in [4.69, 9.17) is 19.5 Å². The van der Waals surface area contributed by atoms with Gasteiger partial charge in [0.2, 0.25) is 28.7 Å². The highest BCUT2D eigenvalue weighted by Gasteiger charge is 2.64. The molecule has 13 N–H and O–H groups in total. The number of nitrogens with two attached hydrogens (primary N) is 1. The summed E-state index contributed by atoms with van der Waals surface area (Å²) in [6.45, 7) is 3.90. The van der Waals surface area contributed by atoms with Crippen LogP contribution in [-0.4, -0.2) is 192 Å². The van der Waals surface area contributed by atoms with Crippen LogP contribution < -0.4 is 32.3 Å². The van der Waals surface area contributed by atoms with E-state index >= 15 is 0 Å². The number of aliphatic hydroxyl groups is 2. The van der Waals surface area contributed by atoms with Gasteiger partial charge in [0.15, 0.2) is 17.7 Å². The number of nitrogen functional groups attached to an aromatic ring is 1. The molecule has 4 aliphatic rings. The molecule has 4 aliphatic heterocycles. The SMILES string of the molecule is CC(C)(COP(=O)(O)OP(=O)(O)OCC1OC(n2cnc3c(N)ncnc32)C(O)C1OP(=O)(O)O)C(O)C(=O)NCCC(=O)NCCSC(=O)[C@@H]1N2C(=O)[C@@H](NC(=O)C(NC(=O)N3CCNC3=O)c3ccccc3)[C@H]2SC1(C)C. The van der Waals surface area contributed by atoms with Crippen molar-refractivity contribution in [2.75, 3.05) is 50.9 Å². The lowest BCUT2D eigenvalue weighted by Crippen LogP contribution is -2.71. The highest BCUT2D eigenvalue weighted by molar-refractivity contribution is 8.14. The number of amides is 8. The number of hydrogen-bond donors (Lipinski definition) is 12. The summed E-state index contributed by atoms with van der Waals surface area (Å²) in [6.07, 6.45) is -7.31. The summed E-state index contributed by atoms with van der Waals surface area (Å²) in [6, 6.07) is 3.65. The minimum atomic E-state index is -5.64. The molecule has 0 aliphatic carbocycles. The highest BCUT2D eigenvalue weighted by Crippen LogP contribution is 2.61. The number of phosphoric acid groups is 3. The summed E-state index contributed by atoms with van der Waals surface area (Å²) in [5.74, 6) is -2.81. The lowest BCUT2D eigenvalue weighted by molar-refractivity contribution is -0.153. The standard InChI is InChI=1S/C41H57N12O21P3S2/c1-40(2,17-71-77(68,69)74-76(66,67)70-16-21-27(73-75(63,64)65)26(55)35(72-21)52-19-48-24-30(42)46-18-47-31(24)52)29(56)33(58)44-11-10-22(54)43-13-15-78-37(60)28-41(3,4)79-36-25(34(59)53(28)36)49-32(57)23(20-8-6-5-7-9-20)50-39(62)51-14-12-45-38(51)61/h5-9,18-19,21,23,25-29,35-36,55-56H,10-17H2,1-4H3,(H,43,54)(H,44,58)(H,45,61)(H,49,57)(H,50,62)(H,66,67)(H,68,69)(H2,42,46,47)(H2,63,64,65)/t21?,23?,25-,26?,27?,28+,29?,35?,36-/m1/s1. The Morgan fingerprint density at radius 2 is 1.70 bits per heavy atom. The average molecular weight is 1210 g/mol. The normalized spacial score (nSPS) is 25.1. The van der Waals surface area contributed by atoms with Gasteiger partial charge in [-0.05, 0) is 19.4 Å². The molecule has 0 spiro atoms. The van der Waals surface area contributed by atoms with Gasteiger partial charge >= 0.3 is 35.5 Å². The van der Waals surface area contributed by atoms with Crippen molar-refractivity contribution in [3.8, 4) is 0 Å². The van der Waals surface area contributed by atoms with Crippen LogP contribution in [0.15, 0.2) is 43.0 Å². The van der Waals surface area contributed by atoms with E-state index in [2.05, 4.69) is 50.4 Å². The van der Waals surface area contributed by atoms with E-state index in [1.54, 1.807) is 44.2 Å². The molecule has 0 saturated carbocycles. The largest absolute Gasteiger partial charge is 0.481 e. The zero-order valence-electron chi connectivity index (χ0n) is 42.1. The number of urea groups is 2. The average Bonchev–Trinajstić information content (AvgIpc) is 3.93. The molecule has 4 fully saturated rings. The zero-order valence-corrected chi connectivity index (χ0v) is 46.4. The molecular weight excluding hydrogens is 1150 g/mol. The number of benzene rings is 1. The van der Waals surface area contributed by atoms with Crippen molar-refractivity contribution < 1.29 is 99.7 Å². The highest BCUT2D eigenvalue weighted by atomic mass is 32.2. The summed E-state index contributed by atoms with van der Waals surface area (Å²) >= 11 is 2.18. The Morgan fingerprint density at radius 3 is 2.37 bits per heavy atom. The number of aliphatic hydroxyl groups excluding tert-OH is 2. The second-order valence-electron chi connectivity index (χ2n) is 19.2. The van der Waals surface area contributed by atoms with Crippen LogP contribution >= 0.6 is 47.0 Å². The van der Waals surface area contributed by atoms with E-state index in [1.165, 1.54) is 30.5 Å². The fourth-order valence-electron chi connectivity index (χ4n) is 8.54. The number of hydrogen-bond acceptors (Lipinski definition) is 23. The number of nitrogens with one attached hydrogen (secondary N) is 5. The van der Waals surface area contributed by atoms with Crippen molar-refractivity contribution in [3.63, 3.8) is 0 Å². The smallest absolute Gasteiger partial charge is 0.386 e. The van der Waals surface area contributed by atoms with Gasteiger partial charge in [0.1, 0.15) is 59.8 Å². The lowest BCUT2D eigenvalue weighted by Gasteiger charge is -2.44. The number of ether oxygens (including phenoxy) is 1. The molecule has 11 atom stereocenters. The minimum absolute atomic E-state index is 0.00679. The van der Waals surface area contributed by atoms with E-state index in [0.717, 1.165) is 33.9 Å². The number of phosphoric ester groups is 3. The number of nitrogens with zero attached hydrogens (tertiary/aromatic N) is 6. The molecule has 8 amide bonds. The number of fused-ring (bicyclic) bond motifs is 2. The van der Waals surface area contributed by atoms with Crippen molar-refractivity contribution in [3.05, 3.63) is 48.5 Å². The molecule has 79 heavy (non-hydrogen) atoms. The number of carbonyl (C=O) groups is 7. The summed E-state index contributed by atoms with van der Waals surface area (Å²) in [4.78, 5) is 145. The van der Waals surface area contributed by atoms with Gasteiger partial charge in [-0.2, -0.15) is 4.31 Å². The second-order valence-corrected chi connectivity index (χ2v) is 26.3. The predicted molar refractivity (Wildman–Crippen MR) is 273 cm³/mol. The van der Waals surface area contributed by atoms with E-state index in [0.29, 0.717) is 5.56 Å². The molecule has 7 rings (SSSR count).